The zero-order valence-corrected chi connectivity index (χ0v) is 26.5. The highest BCUT2D eigenvalue weighted by atomic mass is 35.5. The Bertz CT molecular complexity index is 1360. The molecule has 0 N–H and O–H groups in total. The van der Waals surface area contributed by atoms with Crippen LogP contribution in [0.25, 0.3) is 0 Å². The lowest BCUT2D eigenvalue weighted by molar-refractivity contribution is -0.153. The smallest absolute Gasteiger partial charge is 0.303 e. The largest absolute Gasteiger partial charge is 0.497 e. The van der Waals surface area contributed by atoms with E-state index in [2.05, 4.69) is 4.90 Å². The SMILES string of the molecule is COc1ccc([C@@H]2Sc3ccccc3N([C@@H](C)CN(C)CCc3ccc(OC)c(OC)c3)C(=O)[C@@H]2OC(C)=O)cc1.Cl. The number of rotatable bonds is 11. The highest BCUT2D eigenvalue weighted by Gasteiger charge is 2.42. The number of carbonyl (C=O) groups excluding carboxylic acids is 2. The summed E-state index contributed by atoms with van der Waals surface area (Å²) in [6.45, 7) is 4.78. The van der Waals surface area contributed by atoms with Crippen LogP contribution in [-0.2, 0) is 20.7 Å². The lowest BCUT2D eigenvalue weighted by Gasteiger charge is -2.34. The molecule has 8 nitrogen and oxygen atoms in total. The summed E-state index contributed by atoms with van der Waals surface area (Å²) >= 11 is 1.54. The van der Waals surface area contributed by atoms with Gasteiger partial charge in [-0.25, -0.2) is 0 Å². The number of thioether (sulfide) groups is 1. The molecule has 0 fully saturated rings. The molecule has 0 spiro atoms. The fourth-order valence-electron chi connectivity index (χ4n) is 5.10. The van der Waals surface area contributed by atoms with E-state index in [-0.39, 0.29) is 24.4 Å². The van der Waals surface area contributed by atoms with Crippen LogP contribution in [0.4, 0.5) is 5.69 Å². The van der Waals surface area contributed by atoms with Crippen LogP contribution in [0.1, 0.15) is 30.2 Å². The number of para-hydroxylation sites is 1. The molecule has 10 heteroatoms. The van der Waals surface area contributed by atoms with E-state index < -0.39 is 17.3 Å². The van der Waals surface area contributed by atoms with E-state index in [0.717, 1.165) is 40.4 Å². The van der Waals surface area contributed by atoms with Gasteiger partial charge in [0.2, 0.25) is 0 Å². The molecule has 1 heterocycles. The van der Waals surface area contributed by atoms with Gasteiger partial charge in [0.25, 0.3) is 5.91 Å². The Balaban J connectivity index is 0.00000484. The highest BCUT2D eigenvalue weighted by molar-refractivity contribution is 7.99. The molecule has 1 aliphatic rings. The Labute approximate surface area is 258 Å². The summed E-state index contributed by atoms with van der Waals surface area (Å²) in [5.74, 6) is 1.39. The molecule has 1 amide bonds. The number of amides is 1. The normalized spacial score (nSPS) is 17.0. The van der Waals surface area contributed by atoms with Crippen molar-refractivity contribution in [3.8, 4) is 17.2 Å². The van der Waals surface area contributed by atoms with Crippen LogP contribution < -0.4 is 19.1 Å². The second-order valence-electron chi connectivity index (χ2n) is 10.1. The quantitative estimate of drug-likeness (QED) is 0.251. The third-order valence-electron chi connectivity index (χ3n) is 7.12. The molecule has 0 saturated heterocycles. The van der Waals surface area contributed by atoms with E-state index in [4.69, 9.17) is 18.9 Å². The Kier molecular flexibility index (Phi) is 12.0. The zero-order valence-electron chi connectivity index (χ0n) is 24.9. The number of likely N-dealkylation sites (N-methyl/N-ethyl adjacent to an activating group) is 1. The Morgan fingerprint density at radius 1 is 0.976 bits per heavy atom. The van der Waals surface area contributed by atoms with Crippen LogP contribution in [0, 0.1) is 0 Å². The van der Waals surface area contributed by atoms with Gasteiger partial charge >= 0.3 is 5.97 Å². The first-order valence-corrected chi connectivity index (χ1v) is 14.4. The maximum Gasteiger partial charge on any atom is 0.303 e. The van der Waals surface area contributed by atoms with E-state index in [0.29, 0.717) is 18.0 Å². The molecule has 0 unspecified atom stereocenters. The number of carbonyl (C=O) groups is 2. The van der Waals surface area contributed by atoms with Crippen molar-refractivity contribution in [3.05, 3.63) is 77.9 Å². The van der Waals surface area contributed by atoms with Gasteiger partial charge in [-0.05, 0) is 67.9 Å². The fraction of sp³-hybridized carbons (Fsp3) is 0.375. The summed E-state index contributed by atoms with van der Waals surface area (Å²) in [5.41, 5.74) is 2.83. The number of esters is 1. The summed E-state index contributed by atoms with van der Waals surface area (Å²) < 4.78 is 21.9. The number of anilines is 1. The van der Waals surface area contributed by atoms with Crippen LogP contribution in [-0.4, -0.2) is 70.4 Å². The Hall–Kier alpha value is -3.40. The van der Waals surface area contributed by atoms with Crippen molar-refractivity contribution < 1.29 is 28.5 Å². The molecule has 3 aromatic rings. The molecule has 3 aromatic carbocycles. The molecular formula is C32H39ClN2O6S. The summed E-state index contributed by atoms with van der Waals surface area (Å²) in [6, 6.07) is 21.2. The van der Waals surface area contributed by atoms with Gasteiger partial charge in [0, 0.05) is 31.0 Å². The van der Waals surface area contributed by atoms with Crippen LogP contribution in [0.2, 0.25) is 0 Å². The van der Waals surface area contributed by atoms with Crippen LogP contribution >= 0.6 is 24.2 Å². The molecule has 0 saturated carbocycles. The predicted octanol–water partition coefficient (Wildman–Crippen LogP) is 5.81. The first-order chi connectivity index (χ1) is 19.7. The minimum absolute atomic E-state index is 0. The third kappa shape index (κ3) is 7.70. The molecule has 0 bridgehead atoms. The van der Waals surface area contributed by atoms with E-state index in [9.17, 15) is 9.59 Å². The maximum atomic E-state index is 14.3. The molecule has 42 heavy (non-hydrogen) atoms. The first kappa shape index (κ1) is 33.1. The molecule has 0 aromatic heterocycles. The van der Waals surface area contributed by atoms with E-state index in [1.807, 2.05) is 80.7 Å². The van der Waals surface area contributed by atoms with Gasteiger partial charge in [0.1, 0.15) is 5.75 Å². The molecule has 226 valence electrons. The number of nitrogens with zero attached hydrogens (tertiary/aromatic N) is 2. The van der Waals surface area contributed by atoms with Crippen LogP contribution in [0.15, 0.2) is 71.6 Å². The van der Waals surface area contributed by atoms with Gasteiger partial charge in [-0.1, -0.05) is 30.3 Å². The first-order valence-electron chi connectivity index (χ1n) is 13.5. The van der Waals surface area contributed by atoms with Gasteiger partial charge in [-0.3, -0.25) is 9.59 Å². The zero-order chi connectivity index (χ0) is 29.5. The fourth-order valence-corrected chi connectivity index (χ4v) is 6.41. The van der Waals surface area contributed by atoms with Crippen molar-refractivity contribution >= 4 is 41.7 Å². The number of benzene rings is 3. The van der Waals surface area contributed by atoms with E-state index >= 15 is 0 Å². The maximum absolute atomic E-state index is 14.3. The highest BCUT2D eigenvalue weighted by Crippen LogP contribution is 2.47. The summed E-state index contributed by atoms with van der Waals surface area (Å²) in [7, 11) is 6.91. The van der Waals surface area contributed by atoms with Crippen molar-refractivity contribution in [2.45, 2.75) is 42.6 Å². The molecular weight excluding hydrogens is 576 g/mol. The van der Waals surface area contributed by atoms with E-state index in [1.165, 1.54) is 18.7 Å². The van der Waals surface area contributed by atoms with Crippen molar-refractivity contribution in [3.63, 3.8) is 0 Å². The van der Waals surface area contributed by atoms with Crippen molar-refractivity contribution in [2.24, 2.45) is 0 Å². The average Bonchev–Trinajstić information content (AvgIpc) is 3.09. The molecule has 0 radical (unpaired) electrons. The van der Waals surface area contributed by atoms with Crippen molar-refractivity contribution in [2.75, 3.05) is 46.4 Å². The summed E-state index contributed by atoms with van der Waals surface area (Å²) in [6.07, 6.45) is -0.183. The standard InChI is InChI=1S/C32H38N2O6S.ClH/c1-21(20-33(3)18-17-23-11-16-27(38-5)28(19-23)39-6)34-26-9-7-8-10-29(26)41-31(30(32(34)36)40-22(2)35)24-12-14-25(37-4)15-13-24;/h7-16,19,21,30-31H,17-18,20H2,1-6H3;1H/t21-,30+,31-;/m0./s1. The van der Waals surface area contributed by atoms with Gasteiger partial charge in [-0.15, -0.1) is 24.2 Å². The number of hydrogen-bond acceptors (Lipinski definition) is 8. The number of ether oxygens (including phenoxy) is 4. The summed E-state index contributed by atoms with van der Waals surface area (Å²) in [4.78, 5) is 31.4. The van der Waals surface area contributed by atoms with E-state index in [1.54, 1.807) is 26.2 Å². The third-order valence-corrected chi connectivity index (χ3v) is 8.49. The second kappa shape index (κ2) is 15.2. The van der Waals surface area contributed by atoms with Crippen molar-refractivity contribution in [1.29, 1.82) is 0 Å². The number of methoxy groups -OCH3 is 3. The topological polar surface area (TPSA) is 77.5 Å². The van der Waals surface area contributed by atoms with Crippen LogP contribution in [0.5, 0.6) is 17.2 Å². The molecule has 4 rings (SSSR count). The molecule has 0 aliphatic carbocycles. The number of fused-ring (bicyclic) bond motifs is 1. The van der Waals surface area contributed by atoms with Gasteiger partial charge < -0.3 is 28.7 Å². The summed E-state index contributed by atoms with van der Waals surface area (Å²) in [5, 5.41) is -0.418. The lowest BCUT2D eigenvalue weighted by Crippen LogP contribution is -2.50. The Morgan fingerprint density at radius 2 is 1.67 bits per heavy atom. The predicted molar refractivity (Wildman–Crippen MR) is 169 cm³/mol. The van der Waals surface area contributed by atoms with Crippen molar-refractivity contribution in [1.82, 2.24) is 4.90 Å². The minimum Gasteiger partial charge on any atom is -0.497 e. The van der Waals surface area contributed by atoms with Gasteiger partial charge in [0.15, 0.2) is 17.6 Å². The number of halogens is 1. The minimum atomic E-state index is -0.988. The monoisotopic (exact) mass is 614 g/mol. The average molecular weight is 615 g/mol. The van der Waals surface area contributed by atoms with Gasteiger partial charge in [-0.2, -0.15) is 0 Å². The second-order valence-corrected chi connectivity index (χ2v) is 11.3. The number of hydrogen-bond donors (Lipinski definition) is 0. The van der Waals surface area contributed by atoms with Gasteiger partial charge in [0.05, 0.1) is 32.3 Å². The molecule has 3 atom stereocenters. The Morgan fingerprint density at radius 3 is 2.31 bits per heavy atom. The molecule has 1 aliphatic heterocycles. The lowest BCUT2D eigenvalue weighted by atomic mass is 10.0. The van der Waals surface area contributed by atoms with Crippen LogP contribution in [0.3, 0.4) is 0 Å².